The molecule has 2 amide bonds. The van der Waals surface area contributed by atoms with E-state index < -0.39 is 23.8 Å². The SMILES string of the molecule is CCCn1cc(Cl)cc1C(=O)NC(CCC(N)=O)C(=O)O. The van der Waals surface area contributed by atoms with Crippen molar-refractivity contribution < 1.29 is 19.5 Å². The van der Waals surface area contributed by atoms with Gasteiger partial charge in [0.1, 0.15) is 11.7 Å². The van der Waals surface area contributed by atoms with Gasteiger partial charge in [-0.1, -0.05) is 18.5 Å². The summed E-state index contributed by atoms with van der Waals surface area (Å²) in [6.07, 6.45) is 2.24. The number of amides is 2. The summed E-state index contributed by atoms with van der Waals surface area (Å²) in [6, 6.07) is 0.299. The minimum absolute atomic E-state index is 0.0569. The van der Waals surface area contributed by atoms with Crippen LogP contribution in [0.4, 0.5) is 0 Å². The van der Waals surface area contributed by atoms with Gasteiger partial charge in [0.15, 0.2) is 0 Å². The Morgan fingerprint density at radius 2 is 2.14 bits per heavy atom. The van der Waals surface area contributed by atoms with E-state index in [-0.39, 0.29) is 18.5 Å². The van der Waals surface area contributed by atoms with Crippen molar-refractivity contribution in [2.45, 2.75) is 38.8 Å². The average Bonchev–Trinajstić information content (AvgIpc) is 2.75. The van der Waals surface area contributed by atoms with Gasteiger partial charge >= 0.3 is 5.97 Å². The highest BCUT2D eigenvalue weighted by molar-refractivity contribution is 6.31. The summed E-state index contributed by atoms with van der Waals surface area (Å²) in [4.78, 5) is 34.0. The highest BCUT2D eigenvalue weighted by atomic mass is 35.5. The molecular formula is C13H18ClN3O4. The number of carboxylic acids is 1. The molecule has 0 spiro atoms. The number of primary amides is 1. The fraction of sp³-hybridized carbons (Fsp3) is 0.462. The zero-order chi connectivity index (χ0) is 16.0. The van der Waals surface area contributed by atoms with E-state index in [1.54, 1.807) is 10.8 Å². The number of hydrogen-bond acceptors (Lipinski definition) is 3. The molecule has 21 heavy (non-hydrogen) atoms. The molecular weight excluding hydrogens is 298 g/mol. The maximum atomic E-state index is 12.1. The van der Waals surface area contributed by atoms with Crippen molar-refractivity contribution in [3.05, 3.63) is 23.0 Å². The zero-order valence-electron chi connectivity index (χ0n) is 11.6. The first-order valence-corrected chi connectivity index (χ1v) is 6.90. The third-order valence-corrected chi connectivity index (χ3v) is 3.05. The number of aromatic nitrogens is 1. The number of nitrogens with one attached hydrogen (secondary N) is 1. The molecule has 0 aliphatic rings. The van der Waals surface area contributed by atoms with Crippen molar-refractivity contribution in [2.24, 2.45) is 5.73 Å². The number of carboxylic acid groups (broad SMARTS) is 1. The molecule has 0 fully saturated rings. The minimum Gasteiger partial charge on any atom is -0.480 e. The maximum Gasteiger partial charge on any atom is 0.326 e. The first-order valence-electron chi connectivity index (χ1n) is 6.52. The van der Waals surface area contributed by atoms with Crippen molar-refractivity contribution in [3.63, 3.8) is 0 Å². The van der Waals surface area contributed by atoms with E-state index >= 15 is 0 Å². The van der Waals surface area contributed by atoms with E-state index in [9.17, 15) is 14.4 Å². The molecule has 0 aliphatic heterocycles. The van der Waals surface area contributed by atoms with Gasteiger partial charge < -0.3 is 20.7 Å². The Morgan fingerprint density at radius 3 is 2.67 bits per heavy atom. The van der Waals surface area contributed by atoms with Crippen molar-refractivity contribution in [1.29, 1.82) is 0 Å². The van der Waals surface area contributed by atoms with E-state index in [1.165, 1.54) is 6.07 Å². The number of halogens is 1. The molecule has 8 heteroatoms. The Hall–Kier alpha value is -2.02. The first-order chi connectivity index (χ1) is 9.85. The Bertz CT molecular complexity index is 542. The number of carbonyl (C=O) groups excluding carboxylic acids is 2. The number of nitrogens with zero attached hydrogens (tertiary/aromatic N) is 1. The van der Waals surface area contributed by atoms with Crippen LogP contribution in [0.15, 0.2) is 12.3 Å². The van der Waals surface area contributed by atoms with Gasteiger partial charge in [0.2, 0.25) is 5.91 Å². The molecule has 0 bridgehead atoms. The molecule has 1 atom stereocenters. The zero-order valence-corrected chi connectivity index (χ0v) is 12.4. The number of nitrogens with two attached hydrogens (primary N) is 1. The Kier molecular flexibility index (Phi) is 6.23. The predicted octanol–water partition coefficient (Wildman–Crippen LogP) is 1.000. The Morgan fingerprint density at radius 1 is 1.48 bits per heavy atom. The topological polar surface area (TPSA) is 114 Å². The third kappa shape index (κ3) is 5.11. The fourth-order valence-electron chi connectivity index (χ4n) is 1.87. The number of aryl methyl sites for hydroxylation is 1. The smallest absolute Gasteiger partial charge is 0.326 e. The van der Waals surface area contributed by atoms with Crippen LogP contribution in [0.1, 0.15) is 36.7 Å². The van der Waals surface area contributed by atoms with Crippen LogP contribution >= 0.6 is 11.6 Å². The Balaban J connectivity index is 2.81. The maximum absolute atomic E-state index is 12.1. The molecule has 1 rings (SSSR count). The third-order valence-electron chi connectivity index (χ3n) is 2.84. The molecule has 116 valence electrons. The fourth-order valence-corrected chi connectivity index (χ4v) is 2.09. The summed E-state index contributed by atoms with van der Waals surface area (Å²) in [6.45, 7) is 2.54. The van der Waals surface area contributed by atoms with Crippen LogP contribution in [-0.4, -0.2) is 33.5 Å². The molecule has 1 aromatic rings. The highest BCUT2D eigenvalue weighted by Crippen LogP contribution is 2.15. The molecule has 0 radical (unpaired) electrons. The van der Waals surface area contributed by atoms with Gasteiger partial charge in [-0.2, -0.15) is 0 Å². The van der Waals surface area contributed by atoms with E-state index in [0.717, 1.165) is 6.42 Å². The van der Waals surface area contributed by atoms with Gasteiger partial charge in [-0.15, -0.1) is 0 Å². The van der Waals surface area contributed by atoms with E-state index in [0.29, 0.717) is 11.6 Å². The van der Waals surface area contributed by atoms with Crippen LogP contribution in [0.5, 0.6) is 0 Å². The molecule has 0 saturated heterocycles. The van der Waals surface area contributed by atoms with E-state index in [4.69, 9.17) is 22.4 Å². The minimum atomic E-state index is -1.22. The van der Waals surface area contributed by atoms with Crippen LogP contribution in [0.3, 0.4) is 0 Å². The van der Waals surface area contributed by atoms with Crippen LogP contribution < -0.4 is 11.1 Å². The van der Waals surface area contributed by atoms with Gasteiger partial charge in [-0.05, 0) is 18.9 Å². The number of hydrogen-bond donors (Lipinski definition) is 3. The lowest BCUT2D eigenvalue weighted by molar-refractivity contribution is -0.139. The summed E-state index contributed by atoms with van der Waals surface area (Å²) in [5.74, 6) is -2.38. The van der Waals surface area contributed by atoms with Gasteiger partial charge in [0.25, 0.3) is 5.91 Å². The van der Waals surface area contributed by atoms with Gasteiger partial charge in [-0.3, -0.25) is 9.59 Å². The summed E-state index contributed by atoms with van der Waals surface area (Å²) < 4.78 is 1.66. The molecule has 0 saturated carbocycles. The molecule has 0 aliphatic carbocycles. The van der Waals surface area contributed by atoms with Crippen molar-refractivity contribution in [3.8, 4) is 0 Å². The monoisotopic (exact) mass is 315 g/mol. The number of rotatable bonds is 8. The van der Waals surface area contributed by atoms with Gasteiger partial charge in [0, 0.05) is 19.2 Å². The van der Waals surface area contributed by atoms with E-state index in [1.807, 2.05) is 6.92 Å². The molecule has 7 nitrogen and oxygen atoms in total. The number of aliphatic carboxylic acids is 1. The highest BCUT2D eigenvalue weighted by Gasteiger charge is 2.23. The molecule has 4 N–H and O–H groups in total. The lowest BCUT2D eigenvalue weighted by Gasteiger charge is -2.14. The van der Waals surface area contributed by atoms with Crippen molar-refractivity contribution in [2.75, 3.05) is 0 Å². The van der Waals surface area contributed by atoms with Crippen molar-refractivity contribution in [1.82, 2.24) is 9.88 Å². The quantitative estimate of drug-likeness (QED) is 0.663. The lowest BCUT2D eigenvalue weighted by atomic mass is 10.1. The van der Waals surface area contributed by atoms with Gasteiger partial charge in [0.05, 0.1) is 5.02 Å². The second-order valence-corrected chi connectivity index (χ2v) is 5.04. The van der Waals surface area contributed by atoms with Crippen LogP contribution in [0.25, 0.3) is 0 Å². The van der Waals surface area contributed by atoms with Crippen LogP contribution in [0.2, 0.25) is 5.02 Å². The normalized spacial score (nSPS) is 11.9. The summed E-state index contributed by atoms with van der Waals surface area (Å²) in [5, 5.41) is 11.8. The number of carbonyl (C=O) groups is 3. The van der Waals surface area contributed by atoms with E-state index in [2.05, 4.69) is 5.32 Å². The molecule has 1 heterocycles. The Labute approximate surface area is 127 Å². The summed E-state index contributed by atoms with van der Waals surface area (Å²) in [7, 11) is 0. The molecule has 1 unspecified atom stereocenters. The summed E-state index contributed by atoms with van der Waals surface area (Å²) in [5.41, 5.74) is 5.27. The van der Waals surface area contributed by atoms with Crippen LogP contribution in [0, 0.1) is 0 Å². The van der Waals surface area contributed by atoms with Crippen LogP contribution in [-0.2, 0) is 16.1 Å². The second kappa shape index (κ2) is 7.68. The van der Waals surface area contributed by atoms with Crippen molar-refractivity contribution >= 4 is 29.4 Å². The predicted molar refractivity (Wildman–Crippen MR) is 77.1 cm³/mol. The lowest BCUT2D eigenvalue weighted by Crippen LogP contribution is -2.42. The van der Waals surface area contributed by atoms with Gasteiger partial charge in [-0.25, -0.2) is 4.79 Å². The summed E-state index contributed by atoms with van der Waals surface area (Å²) >= 11 is 5.87. The second-order valence-electron chi connectivity index (χ2n) is 4.61. The molecule has 0 aromatic carbocycles. The molecule has 1 aromatic heterocycles. The first kappa shape index (κ1) is 17.0. The average molecular weight is 316 g/mol. The standard InChI is InChI=1S/C13H18ClN3O4/c1-2-5-17-7-8(14)6-10(17)12(19)16-9(13(20)21)3-4-11(15)18/h6-7,9H,2-5H2,1H3,(H2,15,18)(H,16,19)(H,20,21). The largest absolute Gasteiger partial charge is 0.480 e.